The summed E-state index contributed by atoms with van der Waals surface area (Å²) >= 11 is 0. The highest BCUT2D eigenvalue weighted by Gasteiger charge is 2.09. The van der Waals surface area contributed by atoms with Gasteiger partial charge in [-0.15, -0.1) is 0 Å². The number of carbonyl (C=O) groups excluding carboxylic acids is 1. The Kier molecular flexibility index (Phi) is 6.94. The first-order chi connectivity index (χ1) is 14.6. The van der Waals surface area contributed by atoms with Crippen LogP contribution in [0.4, 0.5) is 33.2 Å². The molecule has 3 rings (SSSR count). The number of anilines is 5. The molecule has 154 valence electrons. The third-order valence-corrected chi connectivity index (χ3v) is 3.91. The summed E-state index contributed by atoms with van der Waals surface area (Å²) in [5.74, 6) is 0.0652. The van der Waals surface area contributed by atoms with E-state index in [0.29, 0.717) is 18.0 Å². The van der Waals surface area contributed by atoms with Gasteiger partial charge < -0.3 is 20.7 Å². The van der Waals surface area contributed by atoms with Gasteiger partial charge in [0.25, 0.3) is 0 Å². The van der Waals surface area contributed by atoms with Crippen molar-refractivity contribution >= 4 is 34.7 Å². The maximum Gasteiger partial charge on any atom is 0.247 e. The highest BCUT2D eigenvalue weighted by Crippen LogP contribution is 2.23. The molecule has 7 nitrogen and oxygen atoms in total. The van der Waals surface area contributed by atoms with Crippen molar-refractivity contribution in [1.29, 1.82) is 0 Å². The molecule has 2 aromatic carbocycles. The third kappa shape index (κ3) is 5.78. The third-order valence-electron chi connectivity index (χ3n) is 3.91. The van der Waals surface area contributed by atoms with Crippen LogP contribution in [0, 0.1) is 5.82 Å². The number of amides is 1. The zero-order valence-electron chi connectivity index (χ0n) is 16.5. The molecule has 0 saturated carbocycles. The number of rotatable bonds is 9. The summed E-state index contributed by atoms with van der Waals surface area (Å²) in [6.07, 6.45) is 3.19. The Hall–Kier alpha value is -3.94. The highest BCUT2D eigenvalue weighted by molar-refractivity contribution is 5.99. The monoisotopic (exact) mass is 407 g/mol. The maximum absolute atomic E-state index is 14.2. The van der Waals surface area contributed by atoms with Gasteiger partial charge in [0.1, 0.15) is 5.75 Å². The Morgan fingerprint density at radius 2 is 1.90 bits per heavy atom. The highest BCUT2D eigenvalue weighted by atomic mass is 19.1. The van der Waals surface area contributed by atoms with E-state index in [1.807, 2.05) is 31.2 Å². The molecule has 0 fully saturated rings. The first-order valence-electron chi connectivity index (χ1n) is 9.40. The largest absolute Gasteiger partial charge is 0.494 e. The SMILES string of the molecule is C=CC(=O)Nc1cccc(Nc2nc(Nc3ccc(OCCC)cc3)ncc2F)c1. The van der Waals surface area contributed by atoms with Gasteiger partial charge in [0.2, 0.25) is 11.9 Å². The molecule has 0 radical (unpaired) electrons. The summed E-state index contributed by atoms with van der Waals surface area (Å²) in [6, 6.07) is 14.2. The fourth-order valence-electron chi connectivity index (χ4n) is 2.50. The zero-order valence-corrected chi connectivity index (χ0v) is 16.5. The van der Waals surface area contributed by atoms with E-state index >= 15 is 0 Å². The molecule has 3 aromatic rings. The molecule has 8 heteroatoms. The van der Waals surface area contributed by atoms with Crippen molar-refractivity contribution in [2.24, 2.45) is 0 Å². The predicted molar refractivity (Wildman–Crippen MR) is 116 cm³/mol. The van der Waals surface area contributed by atoms with Crippen LogP contribution in [-0.4, -0.2) is 22.5 Å². The average Bonchev–Trinajstić information content (AvgIpc) is 2.76. The number of carbonyl (C=O) groups is 1. The molecule has 3 N–H and O–H groups in total. The van der Waals surface area contributed by atoms with Crippen LogP contribution in [0.2, 0.25) is 0 Å². The molecule has 0 unspecified atom stereocenters. The minimum absolute atomic E-state index is 0.00240. The number of benzene rings is 2. The lowest BCUT2D eigenvalue weighted by molar-refractivity contribution is -0.111. The number of hydrogen-bond acceptors (Lipinski definition) is 6. The van der Waals surface area contributed by atoms with Crippen molar-refractivity contribution in [3.05, 3.63) is 73.2 Å². The van der Waals surface area contributed by atoms with Gasteiger partial charge in [0, 0.05) is 17.1 Å². The van der Waals surface area contributed by atoms with Crippen molar-refractivity contribution in [3.8, 4) is 5.75 Å². The van der Waals surface area contributed by atoms with Gasteiger partial charge in [0.05, 0.1) is 12.8 Å². The molecule has 0 aliphatic rings. The summed E-state index contributed by atoms with van der Waals surface area (Å²) in [6.45, 7) is 6.11. The van der Waals surface area contributed by atoms with E-state index in [-0.39, 0.29) is 17.7 Å². The molecule has 30 heavy (non-hydrogen) atoms. The first kappa shape index (κ1) is 20.8. The van der Waals surface area contributed by atoms with Crippen molar-refractivity contribution < 1.29 is 13.9 Å². The normalized spacial score (nSPS) is 10.2. The Bertz CT molecular complexity index is 1020. The second-order valence-electron chi connectivity index (χ2n) is 6.29. The lowest BCUT2D eigenvalue weighted by atomic mass is 10.2. The predicted octanol–water partition coefficient (Wildman–Crippen LogP) is 5.02. The minimum atomic E-state index is -0.607. The summed E-state index contributed by atoms with van der Waals surface area (Å²) in [5, 5.41) is 8.58. The second-order valence-corrected chi connectivity index (χ2v) is 6.29. The van der Waals surface area contributed by atoms with Crippen LogP contribution in [0.15, 0.2) is 67.4 Å². The van der Waals surface area contributed by atoms with E-state index in [2.05, 4.69) is 32.5 Å². The molecule has 1 aromatic heterocycles. The molecule has 0 saturated heterocycles. The van der Waals surface area contributed by atoms with Crippen LogP contribution in [0.1, 0.15) is 13.3 Å². The van der Waals surface area contributed by atoms with E-state index in [0.717, 1.165) is 24.1 Å². The van der Waals surface area contributed by atoms with Gasteiger partial charge in [-0.3, -0.25) is 4.79 Å². The Balaban J connectivity index is 1.71. The summed E-state index contributed by atoms with van der Waals surface area (Å²) < 4.78 is 19.8. The van der Waals surface area contributed by atoms with Gasteiger partial charge in [-0.25, -0.2) is 9.37 Å². The van der Waals surface area contributed by atoms with Gasteiger partial charge in [-0.2, -0.15) is 4.98 Å². The number of nitrogens with one attached hydrogen (secondary N) is 3. The fourth-order valence-corrected chi connectivity index (χ4v) is 2.50. The quantitative estimate of drug-likeness (QED) is 0.432. The maximum atomic E-state index is 14.2. The lowest BCUT2D eigenvalue weighted by Crippen LogP contribution is -2.07. The van der Waals surface area contributed by atoms with Crippen LogP contribution in [-0.2, 0) is 4.79 Å². The molecule has 0 atom stereocenters. The van der Waals surface area contributed by atoms with Crippen LogP contribution >= 0.6 is 0 Å². The van der Waals surface area contributed by atoms with E-state index in [1.165, 1.54) is 6.08 Å². The molecule has 1 amide bonds. The minimum Gasteiger partial charge on any atom is -0.494 e. The number of aromatic nitrogens is 2. The van der Waals surface area contributed by atoms with Crippen molar-refractivity contribution in [3.63, 3.8) is 0 Å². The topological polar surface area (TPSA) is 88.2 Å². The summed E-state index contributed by atoms with van der Waals surface area (Å²) in [4.78, 5) is 19.6. The lowest BCUT2D eigenvalue weighted by Gasteiger charge is -2.11. The summed E-state index contributed by atoms with van der Waals surface area (Å²) in [7, 11) is 0. The van der Waals surface area contributed by atoms with E-state index in [4.69, 9.17) is 4.74 Å². The van der Waals surface area contributed by atoms with Gasteiger partial charge in [-0.1, -0.05) is 19.6 Å². The number of ether oxygens (including phenoxy) is 1. The van der Waals surface area contributed by atoms with Crippen LogP contribution in [0.5, 0.6) is 5.75 Å². The van der Waals surface area contributed by atoms with E-state index in [9.17, 15) is 9.18 Å². The molecular weight excluding hydrogens is 385 g/mol. The zero-order chi connectivity index (χ0) is 21.3. The molecule has 0 aliphatic carbocycles. The number of nitrogens with zero attached hydrogens (tertiary/aromatic N) is 2. The van der Waals surface area contributed by atoms with Crippen LogP contribution in [0.25, 0.3) is 0 Å². The van der Waals surface area contributed by atoms with Crippen molar-refractivity contribution in [2.45, 2.75) is 13.3 Å². The van der Waals surface area contributed by atoms with Gasteiger partial charge in [-0.05, 0) is 55.0 Å². The fraction of sp³-hybridized carbons (Fsp3) is 0.136. The van der Waals surface area contributed by atoms with Gasteiger partial charge >= 0.3 is 0 Å². The Morgan fingerprint density at radius 1 is 1.13 bits per heavy atom. The average molecular weight is 407 g/mol. The van der Waals surface area contributed by atoms with Gasteiger partial charge in [0.15, 0.2) is 11.6 Å². The first-order valence-corrected chi connectivity index (χ1v) is 9.40. The summed E-state index contributed by atoms with van der Waals surface area (Å²) in [5.41, 5.74) is 1.84. The second kappa shape index (κ2) is 10.0. The standard InChI is InChI=1S/C22H22FN5O2/c1-3-12-30-18-10-8-15(9-11-18)27-22-24-14-19(23)21(28-22)26-17-7-5-6-16(13-17)25-20(29)4-2/h4-11,13-14H,2-3,12H2,1H3,(H,25,29)(H2,24,26,27,28). The number of halogens is 1. The van der Waals surface area contributed by atoms with Crippen molar-refractivity contribution in [1.82, 2.24) is 9.97 Å². The molecule has 0 spiro atoms. The van der Waals surface area contributed by atoms with E-state index in [1.54, 1.807) is 24.3 Å². The molecule has 1 heterocycles. The molecular formula is C22H22FN5O2. The Morgan fingerprint density at radius 3 is 2.63 bits per heavy atom. The molecule has 0 bridgehead atoms. The molecule has 0 aliphatic heterocycles. The van der Waals surface area contributed by atoms with E-state index < -0.39 is 5.82 Å². The Labute approximate surface area is 174 Å². The smallest absolute Gasteiger partial charge is 0.247 e. The van der Waals surface area contributed by atoms with Crippen LogP contribution < -0.4 is 20.7 Å². The number of hydrogen-bond donors (Lipinski definition) is 3. The van der Waals surface area contributed by atoms with Crippen molar-refractivity contribution in [2.75, 3.05) is 22.6 Å². The van der Waals surface area contributed by atoms with Crippen LogP contribution in [0.3, 0.4) is 0 Å².